The number of carboxylic acid groups (broad SMARTS) is 1. The van der Waals surface area contributed by atoms with Crippen LogP contribution >= 0.6 is 0 Å². The number of hydrogen-bond acceptors (Lipinski definition) is 3. The molecule has 19 heavy (non-hydrogen) atoms. The number of ether oxygens (including phenoxy) is 1. The molecular weight excluding hydrogens is 246 g/mol. The lowest BCUT2D eigenvalue weighted by molar-refractivity contribution is -0.139. The lowest BCUT2D eigenvalue weighted by atomic mass is 10.1. The monoisotopic (exact) mass is 263 g/mol. The van der Waals surface area contributed by atoms with Gasteiger partial charge in [0.2, 0.25) is 0 Å². The molecule has 0 spiro atoms. The van der Waals surface area contributed by atoms with Gasteiger partial charge in [-0.25, -0.2) is 9.59 Å². The van der Waals surface area contributed by atoms with Crippen molar-refractivity contribution in [2.75, 3.05) is 6.61 Å². The van der Waals surface area contributed by atoms with Crippen molar-refractivity contribution in [3.8, 4) is 0 Å². The topological polar surface area (TPSA) is 75.6 Å². The van der Waals surface area contributed by atoms with E-state index in [1.807, 2.05) is 30.3 Å². The van der Waals surface area contributed by atoms with Crippen LogP contribution in [0.15, 0.2) is 43.0 Å². The molecule has 0 fully saturated rings. The van der Waals surface area contributed by atoms with E-state index in [1.54, 1.807) is 0 Å². The van der Waals surface area contributed by atoms with E-state index in [-0.39, 0.29) is 6.61 Å². The Hall–Kier alpha value is -2.30. The third-order valence-electron chi connectivity index (χ3n) is 2.49. The second kappa shape index (κ2) is 7.92. The summed E-state index contributed by atoms with van der Waals surface area (Å²) in [4.78, 5) is 22.3. The molecule has 0 bridgehead atoms. The Morgan fingerprint density at radius 1 is 1.37 bits per heavy atom. The predicted molar refractivity (Wildman–Crippen MR) is 70.9 cm³/mol. The molecule has 5 nitrogen and oxygen atoms in total. The summed E-state index contributed by atoms with van der Waals surface area (Å²) in [6, 6.07) is 8.53. The summed E-state index contributed by atoms with van der Waals surface area (Å²) in [5, 5.41) is 11.3. The minimum atomic E-state index is -1.08. The Morgan fingerprint density at radius 2 is 2.05 bits per heavy atom. The van der Waals surface area contributed by atoms with Gasteiger partial charge in [0.05, 0.1) is 0 Å². The lowest BCUT2D eigenvalue weighted by Gasteiger charge is -2.14. The number of benzene rings is 1. The van der Waals surface area contributed by atoms with Crippen LogP contribution in [-0.2, 0) is 16.0 Å². The fraction of sp³-hybridized carbons (Fsp3) is 0.286. The molecule has 1 amide bonds. The average molecular weight is 263 g/mol. The van der Waals surface area contributed by atoms with Gasteiger partial charge in [-0.3, -0.25) is 0 Å². The number of nitrogens with one attached hydrogen (secondary N) is 1. The van der Waals surface area contributed by atoms with Crippen molar-refractivity contribution in [2.24, 2.45) is 0 Å². The molecule has 0 radical (unpaired) electrons. The third kappa shape index (κ3) is 5.72. The number of carbonyl (C=O) groups is 2. The summed E-state index contributed by atoms with van der Waals surface area (Å²) in [5.41, 5.74) is 1.02. The highest BCUT2D eigenvalue weighted by molar-refractivity contribution is 5.79. The number of amides is 1. The Morgan fingerprint density at radius 3 is 2.63 bits per heavy atom. The van der Waals surface area contributed by atoms with Gasteiger partial charge in [-0.05, 0) is 18.4 Å². The van der Waals surface area contributed by atoms with E-state index in [9.17, 15) is 9.59 Å². The average Bonchev–Trinajstić information content (AvgIpc) is 2.42. The van der Waals surface area contributed by atoms with Gasteiger partial charge in [0.15, 0.2) is 0 Å². The lowest BCUT2D eigenvalue weighted by Crippen LogP contribution is -2.41. The molecule has 0 aliphatic heterocycles. The smallest absolute Gasteiger partial charge is 0.408 e. The van der Waals surface area contributed by atoms with E-state index in [0.717, 1.165) is 5.56 Å². The van der Waals surface area contributed by atoms with Gasteiger partial charge in [0.25, 0.3) is 0 Å². The largest absolute Gasteiger partial charge is 0.480 e. The minimum absolute atomic E-state index is 0.0524. The van der Waals surface area contributed by atoms with Crippen LogP contribution in [0.2, 0.25) is 0 Å². The van der Waals surface area contributed by atoms with E-state index in [1.165, 1.54) is 6.08 Å². The van der Waals surface area contributed by atoms with Crippen LogP contribution in [0.4, 0.5) is 4.79 Å². The maximum Gasteiger partial charge on any atom is 0.408 e. The molecule has 0 unspecified atom stereocenters. The van der Waals surface area contributed by atoms with Crippen molar-refractivity contribution < 1.29 is 19.4 Å². The standard InChI is InChI=1S/C14H17NO4/c1-2-10-19-14(18)15-12(13(16)17)9-8-11-6-4-3-5-7-11/h2-7,12H,1,8-10H2,(H,15,18)(H,16,17)/t12-/m0/s1. The summed E-state index contributed by atoms with van der Waals surface area (Å²) < 4.78 is 4.69. The minimum Gasteiger partial charge on any atom is -0.480 e. The van der Waals surface area contributed by atoms with Crippen LogP contribution in [0.3, 0.4) is 0 Å². The van der Waals surface area contributed by atoms with Crippen molar-refractivity contribution in [1.82, 2.24) is 5.32 Å². The normalized spacial score (nSPS) is 11.4. The number of aryl methyl sites for hydroxylation is 1. The van der Waals surface area contributed by atoms with E-state index in [2.05, 4.69) is 11.9 Å². The first-order valence-electron chi connectivity index (χ1n) is 5.94. The van der Waals surface area contributed by atoms with Crippen LogP contribution in [0.1, 0.15) is 12.0 Å². The van der Waals surface area contributed by atoms with Gasteiger partial charge in [-0.15, -0.1) is 0 Å². The molecule has 5 heteroatoms. The molecule has 0 saturated heterocycles. The van der Waals surface area contributed by atoms with E-state index in [4.69, 9.17) is 9.84 Å². The van der Waals surface area contributed by atoms with Crippen molar-refractivity contribution in [3.05, 3.63) is 48.6 Å². The van der Waals surface area contributed by atoms with Gasteiger partial charge in [-0.2, -0.15) is 0 Å². The molecule has 102 valence electrons. The summed E-state index contributed by atoms with van der Waals surface area (Å²) in [6.45, 7) is 3.45. The molecule has 1 aromatic rings. The first kappa shape index (κ1) is 14.8. The molecule has 1 atom stereocenters. The van der Waals surface area contributed by atoms with E-state index < -0.39 is 18.1 Å². The van der Waals surface area contributed by atoms with Crippen molar-refractivity contribution in [2.45, 2.75) is 18.9 Å². The van der Waals surface area contributed by atoms with E-state index >= 15 is 0 Å². The van der Waals surface area contributed by atoms with Crippen LogP contribution in [0, 0.1) is 0 Å². The Kier molecular flexibility index (Phi) is 6.15. The van der Waals surface area contributed by atoms with Crippen LogP contribution in [0.25, 0.3) is 0 Å². The van der Waals surface area contributed by atoms with Crippen LogP contribution < -0.4 is 5.32 Å². The van der Waals surface area contributed by atoms with Gasteiger partial charge < -0.3 is 15.2 Å². The third-order valence-corrected chi connectivity index (χ3v) is 2.49. The second-order valence-corrected chi connectivity index (χ2v) is 3.95. The zero-order valence-corrected chi connectivity index (χ0v) is 10.5. The number of carbonyl (C=O) groups excluding carboxylic acids is 1. The van der Waals surface area contributed by atoms with Gasteiger partial charge in [0, 0.05) is 0 Å². The Labute approximate surface area is 111 Å². The zero-order chi connectivity index (χ0) is 14.1. The molecule has 1 aromatic carbocycles. The number of hydrogen-bond donors (Lipinski definition) is 2. The second-order valence-electron chi connectivity index (χ2n) is 3.95. The molecule has 0 aliphatic rings. The summed E-state index contributed by atoms with van der Waals surface area (Å²) in [6.07, 6.45) is 1.54. The SMILES string of the molecule is C=CCOC(=O)N[C@@H](CCc1ccccc1)C(=O)O. The van der Waals surface area contributed by atoms with E-state index in [0.29, 0.717) is 12.8 Å². The zero-order valence-electron chi connectivity index (χ0n) is 10.5. The maximum absolute atomic E-state index is 11.3. The molecule has 1 rings (SSSR count). The number of rotatable bonds is 7. The first-order chi connectivity index (χ1) is 9.13. The highest BCUT2D eigenvalue weighted by Gasteiger charge is 2.20. The number of carboxylic acids is 1. The fourth-order valence-electron chi connectivity index (χ4n) is 1.53. The molecule has 0 aromatic heterocycles. The summed E-state index contributed by atoms with van der Waals surface area (Å²) in [7, 11) is 0. The van der Waals surface area contributed by atoms with Gasteiger partial charge in [0.1, 0.15) is 12.6 Å². The molecule has 0 heterocycles. The molecule has 2 N–H and O–H groups in total. The summed E-state index contributed by atoms with van der Waals surface area (Å²) in [5.74, 6) is -1.08. The van der Waals surface area contributed by atoms with Crippen molar-refractivity contribution >= 4 is 12.1 Å². The van der Waals surface area contributed by atoms with Crippen LogP contribution in [-0.4, -0.2) is 29.8 Å². The highest BCUT2D eigenvalue weighted by Crippen LogP contribution is 2.05. The first-order valence-corrected chi connectivity index (χ1v) is 5.94. The Balaban J connectivity index is 2.47. The Bertz CT molecular complexity index is 430. The predicted octanol–water partition coefficient (Wildman–Crippen LogP) is 1.98. The summed E-state index contributed by atoms with van der Waals surface area (Å²) >= 11 is 0. The van der Waals surface area contributed by atoms with Crippen LogP contribution in [0.5, 0.6) is 0 Å². The number of alkyl carbamates (subject to hydrolysis) is 1. The maximum atomic E-state index is 11.3. The molecule has 0 saturated carbocycles. The van der Waals surface area contributed by atoms with Gasteiger partial charge in [-0.1, -0.05) is 43.0 Å². The molecular formula is C14H17NO4. The van der Waals surface area contributed by atoms with Gasteiger partial charge >= 0.3 is 12.1 Å². The van der Waals surface area contributed by atoms with Crippen molar-refractivity contribution in [3.63, 3.8) is 0 Å². The molecule has 0 aliphatic carbocycles. The highest BCUT2D eigenvalue weighted by atomic mass is 16.5. The quantitative estimate of drug-likeness (QED) is 0.738. The van der Waals surface area contributed by atoms with Crippen molar-refractivity contribution in [1.29, 1.82) is 0 Å². The number of aliphatic carboxylic acids is 1. The fourth-order valence-corrected chi connectivity index (χ4v) is 1.53.